The van der Waals surface area contributed by atoms with Crippen LogP contribution in [0.2, 0.25) is 0 Å². The Morgan fingerprint density at radius 3 is 2.09 bits per heavy atom. The molecule has 0 amide bonds. The van der Waals surface area contributed by atoms with Crippen molar-refractivity contribution in [2.75, 3.05) is 0 Å². The van der Waals surface area contributed by atoms with E-state index < -0.39 is 0 Å². The molecule has 1 aromatic rings. The Bertz CT molecular complexity index is 581. The van der Waals surface area contributed by atoms with Gasteiger partial charge < -0.3 is 14.0 Å². The molecule has 1 saturated heterocycles. The van der Waals surface area contributed by atoms with Gasteiger partial charge in [0.2, 0.25) is 0 Å². The van der Waals surface area contributed by atoms with Gasteiger partial charge in [0.15, 0.2) is 0 Å². The zero-order valence-electron chi connectivity index (χ0n) is 15.5. The predicted molar refractivity (Wildman–Crippen MR) is 94.5 cm³/mol. The number of rotatable bonds is 3. The molecule has 23 heavy (non-hydrogen) atoms. The van der Waals surface area contributed by atoms with Crippen molar-refractivity contribution in [2.45, 2.75) is 84.0 Å². The molecule has 4 heteroatoms. The van der Waals surface area contributed by atoms with Crippen LogP contribution in [0.1, 0.15) is 66.9 Å². The van der Waals surface area contributed by atoms with Crippen molar-refractivity contribution < 1.29 is 14.0 Å². The largest absolute Gasteiger partial charge is 0.498 e. The molecule has 3 rings (SSSR count). The lowest BCUT2D eigenvalue weighted by Crippen LogP contribution is -2.41. The Balaban J connectivity index is 1.98. The molecule has 0 radical (unpaired) electrons. The van der Waals surface area contributed by atoms with E-state index in [0.29, 0.717) is 6.10 Å². The van der Waals surface area contributed by atoms with E-state index in [1.54, 1.807) is 0 Å². The third-order valence-corrected chi connectivity index (χ3v) is 5.20. The summed E-state index contributed by atoms with van der Waals surface area (Å²) < 4.78 is 18.6. The minimum absolute atomic E-state index is 0.0799. The second-order valence-corrected chi connectivity index (χ2v) is 8.91. The first-order chi connectivity index (χ1) is 10.5. The van der Waals surface area contributed by atoms with Crippen LogP contribution in [0.5, 0.6) is 5.75 Å². The number of hydrogen-bond acceptors (Lipinski definition) is 3. The monoisotopic (exact) mass is 316 g/mol. The summed E-state index contributed by atoms with van der Waals surface area (Å²) in [5.74, 6) is 0.902. The molecule has 1 aliphatic heterocycles. The first-order valence-corrected chi connectivity index (χ1v) is 8.66. The maximum absolute atomic E-state index is 6.26. The zero-order chi connectivity index (χ0) is 17.0. The van der Waals surface area contributed by atoms with Gasteiger partial charge in [0.25, 0.3) is 0 Å². The fourth-order valence-electron chi connectivity index (χ4n) is 2.64. The van der Waals surface area contributed by atoms with Gasteiger partial charge in [-0.25, -0.2) is 0 Å². The summed E-state index contributed by atoms with van der Waals surface area (Å²) in [6.07, 6.45) is 2.64. The topological polar surface area (TPSA) is 27.7 Å². The molecule has 0 aromatic heterocycles. The molecule has 0 bridgehead atoms. The molecule has 126 valence electrons. The summed E-state index contributed by atoms with van der Waals surface area (Å²) in [5, 5.41) is 0. The molecule has 2 aliphatic rings. The van der Waals surface area contributed by atoms with Crippen LogP contribution in [0.4, 0.5) is 0 Å². The standard InChI is InChI=1S/C19H29BO3/c1-17(2,3)13-8-11-16(21-14-9-10-14)15(12-13)20-22-18(4,5)19(6,7)23-20/h8,11-12,14H,9-10H2,1-7H3. The average Bonchev–Trinajstić information content (AvgIpc) is 3.16. The zero-order valence-corrected chi connectivity index (χ0v) is 15.5. The van der Waals surface area contributed by atoms with Crippen molar-refractivity contribution in [3.05, 3.63) is 23.8 Å². The smallest absolute Gasteiger partial charge is 0.491 e. The SMILES string of the molecule is CC(C)(C)c1ccc(OC2CC2)c(B2OC(C)(C)C(C)(C)O2)c1. The molecule has 0 N–H and O–H groups in total. The van der Waals surface area contributed by atoms with Crippen molar-refractivity contribution in [3.8, 4) is 5.75 Å². The lowest BCUT2D eigenvalue weighted by molar-refractivity contribution is 0.00578. The molecule has 2 fully saturated rings. The normalized spacial score (nSPS) is 23.2. The van der Waals surface area contributed by atoms with Gasteiger partial charge in [0.1, 0.15) is 5.75 Å². The quantitative estimate of drug-likeness (QED) is 0.793. The second kappa shape index (κ2) is 5.25. The van der Waals surface area contributed by atoms with Crippen molar-refractivity contribution in [2.24, 2.45) is 0 Å². The summed E-state index contributed by atoms with van der Waals surface area (Å²) in [6, 6.07) is 6.44. The van der Waals surface area contributed by atoms with E-state index in [4.69, 9.17) is 14.0 Å². The van der Waals surface area contributed by atoms with Crippen LogP contribution in [0.3, 0.4) is 0 Å². The van der Waals surface area contributed by atoms with Gasteiger partial charge in [-0.3, -0.25) is 0 Å². The number of benzene rings is 1. The van der Waals surface area contributed by atoms with Gasteiger partial charge >= 0.3 is 7.12 Å². The molecule has 1 aromatic carbocycles. The van der Waals surface area contributed by atoms with Crippen molar-refractivity contribution in [3.63, 3.8) is 0 Å². The van der Waals surface area contributed by atoms with E-state index in [9.17, 15) is 0 Å². The highest BCUT2D eigenvalue weighted by molar-refractivity contribution is 6.63. The van der Waals surface area contributed by atoms with E-state index in [-0.39, 0.29) is 23.7 Å². The van der Waals surface area contributed by atoms with Gasteiger partial charge in [-0.1, -0.05) is 32.9 Å². The molecular formula is C19H29BO3. The maximum Gasteiger partial charge on any atom is 0.498 e. The van der Waals surface area contributed by atoms with Crippen LogP contribution < -0.4 is 10.2 Å². The Labute approximate surface area is 140 Å². The highest BCUT2D eigenvalue weighted by Crippen LogP contribution is 2.38. The molecule has 0 spiro atoms. The summed E-state index contributed by atoms with van der Waals surface area (Å²) >= 11 is 0. The van der Waals surface area contributed by atoms with Gasteiger partial charge in [-0.2, -0.15) is 0 Å². The van der Waals surface area contributed by atoms with Gasteiger partial charge in [-0.15, -0.1) is 0 Å². The number of ether oxygens (including phenoxy) is 1. The van der Waals surface area contributed by atoms with Gasteiger partial charge in [-0.05, 0) is 57.6 Å². The summed E-state index contributed by atoms with van der Waals surface area (Å²) in [4.78, 5) is 0. The maximum atomic E-state index is 6.26. The molecule has 0 atom stereocenters. The minimum Gasteiger partial charge on any atom is -0.491 e. The Morgan fingerprint density at radius 2 is 1.61 bits per heavy atom. The lowest BCUT2D eigenvalue weighted by atomic mass is 9.74. The van der Waals surface area contributed by atoms with E-state index >= 15 is 0 Å². The highest BCUT2D eigenvalue weighted by atomic mass is 16.7. The molecular weight excluding hydrogens is 287 g/mol. The average molecular weight is 316 g/mol. The molecule has 1 heterocycles. The third-order valence-electron chi connectivity index (χ3n) is 5.20. The Hall–Kier alpha value is -0.995. The van der Waals surface area contributed by atoms with Crippen LogP contribution in [-0.2, 0) is 14.7 Å². The van der Waals surface area contributed by atoms with Crippen molar-refractivity contribution in [1.29, 1.82) is 0 Å². The molecule has 3 nitrogen and oxygen atoms in total. The third kappa shape index (κ3) is 3.29. The van der Waals surface area contributed by atoms with Crippen molar-refractivity contribution in [1.82, 2.24) is 0 Å². The molecule has 0 unspecified atom stereocenters. The first kappa shape index (κ1) is 16.8. The second-order valence-electron chi connectivity index (χ2n) is 8.91. The van der Waals surface area contributed by atoms with Crippen LogP contribution in [0, 0.1) is 0 Å². The first-order valence-electron chi connectivity index (χ1n) is 8.66. The van der Waals surface area contributed by atoms with E-state index in [0.717, 1.165) is 24.1 Å². The van der Waals surface area contributed by atoms with Crippen LogP contribution in [0.25, 0.3) is 0 Å². The summed E-state index contributed by atoms with van der Waals surface area (Å²) in [6.45, 7) is 15.0. The fraction of sp³-hybridized carbons (Fsp3) is 0.684. The summed E-state index contributed by atoms with van der Waals surface area (Å²) in [5.41, 5.74) is 1.68. The fourth-order valence-corrected chi connectivity index (χ4v) is 2.64. The number of hydrogen-bond donors (Lipinski definition) is 0. The minimum atomic E-state index is -0.379. The van der Waals surface area contributed by atoms with Crippen LogP contribution >= 0.6 is 0 Å². The molecule has 1 saturated carbocycles. The van der Waals surface area contributed by atoms with Crippen molar-refractivity contribution >= 4 is 12.6 Å². The van der Waals surface area contributed by atoms with E-state index in [1.165, 1.54) is 5.56 Å². The summed E-state index contributed by atoms with van der Waals surface area (Å²) in [7, 11) is -0.379. The Morgan fingerprint density at radius 1 is 1.04 bits per heavy atom. The predicted octanol–water partition coefficient (Wildman–Crippen LogP) is 3.82. The van der Waals surface area contributed by atoms with E-state index in [2.05, 4.69) is 66.7 Å². The van der Waals surface area contributed by atoms with Gasteiger partial charge in [0, 0.05) is 5.46 Å². The lowest BCUT2D eigenvalue weighted by Gasteiger charge is -2.32. The molecule has 1 aliphatic carbocycles. The highest BCUT2D eigenvalue weighted by Gasteiger charge is 2.52. The van der Waals surface area contributed by atoms with E-state index in [1.807, 2.05) is 0 Å². The Kier molecular flexibility index (Phi) is 3.85. The van der Waals surface area contributed by atoms with Gasteiger partial charge in [0.05, 0.1) is 17.3 Å². The van der Waals surface area contributed by atoms with Crippen LogP contribution in [-0.4, -0.2) is 24.4 Å². The van der Waals surface area contributed by atoms with Crippen LogP contribution in [0.15, 0.2) is 18.2 Å².